The molecular weight excluding hydrogens is 479 g/mol. The number of morpholine rings is 1. The van der Waals surface area contributed by atoms with Crippen LogP contribution in [0.4, 0.5) is 0 Å². The van der Waals surface area contributed by atoms with Crippen molar-refractivity contribution in [1.82, 2.24) is 9.80 Å². The molecule has 0 radical (unpaired) electrons. The van der Waals surface area contributed by atoms with Gasteiger partial charge in [0, 0.05) is 31.7 Å². The Morgan fingerprint density at radius 3 is 2.56 bits per heavy atom. The predicted octanol–water partition coefficient (Wildman–Crippen LogP) is 4.15. The molecule has 4 rings (SSSR count). The summed E-state index contributed by atoms with van der Waals surface area (Å²) in [5.74, 6) is -1.12. The molecular formula is C25H26Cl2N2O5. The number of hydrogen-bond donors (Lipinski definition) is 1. The van der Waals surface area contributed by atoms with Gasteiger partial charge in [-0.2, -0.15) is 0 Å². The van der Waals surface area contributed by atoms with Crippen molar-refractivity contribution in [2.24, 2.45) is 0 Å². The van der Waals surface area contributed by atoms with Crippen molar-refractivity contribution in [3.63, 3.8) is 0 Å². The van der Waals surface area contributed by atoms with E-state index in [0.717, 1.165) is 19.6 Å². The highest BCUT2D eigenvalue weighted by molar-refractivity contribution is 6.46. The summed E-state index contributed by atoms with van der Waals surface area (Å²) >= 11 is 12.4. The van der Waals surface area contributed by atoms with E-state index in [1.807, 2.05) is 0 Å². The molecule has 2 aliphatic rings. The van der Waals surface area contributed by atoms with Gasteiger partial charge in [-0.05, 0) is 36.2 Å². The van der Waals surface area contributed by atoms with Gasteiger partial charge in [0.2, 0.25) is 0 Å². The summed E-state index contributed by atoms with van der Waals surface area (Å²) in [5.41, 5.74) is 1.00. The fourth-order valence-electron chi connectivity index (χ4n) is 4.35. The number of Topliss-reactive ketones (excluding diaryl/α,β-unsaturated/α-hetero) is 1. The number of ketones is 1. The van der Waals surface area contributed by atoms with E-state index in [4.69, 9.17) is 32.7 Å². The zero-order valence-corrected chi connectivity index (χ0v) is 20.3. The van der Waals surface area contributed by atoms with E-state index >= 15 is 0 Å². The molecule has 2 aromatic carbocycles. The van der Waals surface area contributed by atoms with Crippen molar-refractivity contribution in [2.45, 2.75) is 12.5 Å². The highest BCUT2D eigenvalue weighted by Gasteiger charge is 2.46. The molecule has 2 aliphatic heterocycles. The van der Waals surface area contributed by atoms with Crippen LogP contribution in [0.15, 0.2) is 48.0 Å². The number of methoxy groups -OCH3 is 1. The van der Waals surface area contributed by atoms with Crippen molar-refractivity contribution < 1.29 is 24.2 Å². The lowest BCUT2D eigenvalue weighted by Gasteiger charge is -2.29. The Labute approximate surface area is 208 Å². The normalized spacial score (nSPS) is 20.7. The first-order valence-electron chi connectivity index (χ1n) is 11.1. The summed E-state index contributed by atoms with van der Waals surface area (Å²) in [7, 11) is 1.52. The van der Waals surface area contributed by atoms with Crippen LogP contribution in [0.5, 0.6) is 5.75 Å². The van der Waals surface area contributed by atoms with Crippen molar-refractivity contribution in [1.29, 1.82) is 0 Å². The van der Waals surface area contributed by atoms with Gasteiger partial charge in [0.1, 0.15) is 11.5 Å². The molecule has 2 heterocycles. The zero-order chi connectivity index (χ0) is 24.2. The van der Waals surface area contributed by atoms with Crippen LogP contribution in [-0.2, 0) is 14.3 Å². The molecule has 0 saturated carbocycles. The molecule has 1 amide bonds. The summed E-state index contributed by atoms with van der Waals surface area (Å²) in [6, 6.07) is 10.9. The molecule has 7 nitrogen and oxygen atoms in total. The summed E-state index contributed by atoms with van der Waals surface area (Å²) in [6.07, 6.45) is 0.671. The number of aliphatic hydroxyl groups excluding tert-OH is 1. The van der Waals surface area contributed by atoms with E-state index in [0.29, 0.717) is 53.1 Å². The number of nitrogens with zero attached hydrogens (tertiary/aromatic N) is 2. The van der Waals surface area contributed by atoms with Gasteiger partial charge in [-0.1, -0.05) is 41.4 Å². The summed E-state index contributed by atoms with van der Waals surface area (Å²) in [5, 5.41) is 11.8. The van der Waals surface area contributed by atoms with E-state index in [1.54, 1.807) is 42.5 Å². The first-order valence-corrected chi connectivity index (χ1v) is 11.8. The molecule has 0 aromatic heterocycles. The molecule has 1 unspecified atom stereocenters. The van der Waals surface area contributed by atoms with Crippen molar-refractivity contribution in [3.05, 3.63) is 69.2 Å². The number of rotatable bonds is 7. The third-order valence-electron chi connectivity index (χ3n) is 6.12. The Morgan fingerprint density at radius 2 is 1.85 bits per heavy atom. The molecule has 0 spiro atoms. The fourth-order valence-corrected chi connectivity index (χ4v) is 4.66. The topological polar surface area (TPSA) is 79.3 Å². The van der Waals surface area contributed by atoms with Gasteiger partial charge in [0.15, 0.2) is 0 Å². The molecule has 2 saturated heterocycles. The number of carbonyl (C=O) groups is 2. The van der Waals surface area contributed by atoms with Crippen molar-refractivity contribution in [3.8, 4) is 5.75 Å². The number of hydrogen-bond acceptors (Lipinski definition) is 6. The Kier molecular flexibility index (Phi) is 7.78. The van der Waals surface area contributed by atoms with Gasteiger partial charge in [-0.3, -0.25) is 14.5 Å². The third kappa shape index (κ3) is 5.08. The minimum absolute atomic E-state index is 0.0167. The molecule has 2 aromatic rings. The number of aliphatic hydroxyl groups is 1. The lowest BCUT2D eigenvalue weighted by atomic mass is 9.95. The molecule has 9 heteroatoms. The van der Waals surface area contributed by atoms with Gasteiger partial charge in [-0.15, -0.1) is 0 Å². The minimum Gasteiger partial charge on any atom is -0.507 e. The average molecular weight is 505 g/mol. The second kappa shape index (κ2) is 10.8. The van der Waals surface area contributed by atoms with E-state index in [9.17, 15) is 14.7 Å². The smallest absolute Gasteiger partial charge is 0.295 e. The van der Waals surface area contributed by atoms with Gasteiger partial charge in [-0.25, -0.2) is 0 Å². The lowest BCUT2D eigenvalue weighted by molar-refractivity contribution is -0.140. The summed E-state index contributed by atoms with van der Waals surface area (Å²) in [6.45, 7) is 4.18. The number of amides is 1. The molecule has 180 valence electrons. The molecule has 0 aliphatic carbocycles. The van der Waals surface area contributed by atoms with Gasteiger partial charge in [0.05, 0.1) is 42.0 Å². The fraction of sp³-hybridized carbons (Fsp3) is 0.360. The van der Waals surface area contributed by atoms with E-state index < -0.39 is 17.7 Å². The monoisotopic (exact) mass is 504 g/mol. The maximum Gasteiger partial charge on any atom is 0.295 e. The Bertz CT molecular complexity index is 1110. The third-order valence-corrected chi connectivity index (χ3v) is 6.86. The molecule has 2 fully saturated rings. The van der Waals surface area contributed by atoms with Crippen LogP contribution >= 0.6 is 23.2 Å². The number of carbonyl (C=O) groups excluding carboxylic acids is 2. The zero-order valence-electron chi connectivity index (χ0n) is 18.8. The first-order chi connectivity index (χ1) is 16.4. The Morgan fingerprint density at radius 1 is 1.09 bits per heavy atom. The predicted molar refractivity (Wildman–Crippen MR) is 130 cm³/mol. The Hall–Kier alpha value is -2.58. The SMILES string of the molecule is COc1cccc(/C(O)=C2\C(=O)C(=O)N(CCCN3CCOCC3)C2c2ccc(Cl)c(Cl)c2)c1. The van der Waals surface area contributed by atoms with Gasteiger partial charge in [0.25, 0.3) is 11.7 Å². The highest BCUT2D eigenvalue weighted by atomic mass is 35.5. The molecule has 34 heavy (non-hydrogen) atoms. The van der Waals surface area contributed by atoms with Crippen LogP contribution < -0.4 is 4.74 Å². The van der Waals surface area contributed by atoms with Crippen LogP contribution in [0.1, 0.15) is 23.6 Å². The lowest BCUT2D eigenvalue weighted by Crippen LogP contribution is -2.38. The first kappa shape index (κ1) is 24.5. The summed E-state index contributed by atoms with van der Waals surface area (Å²) < 4.78 is 10.6. The number of halogens is 2. The molecule has 0 bridgehead atoms. The second-order valence-electron chi connectivity index (χ2n) is 8.21. The van der Waals surface area contributed by atoms with E-state index in [2.05, 4.69) is 4.90 Å². The second-order valence-corrected chi connectivity index (χ2v) is 9.02. The number of benzene rings is 2. The average Bonchev–Trinajstić information content (AvgIpc) is 3.11. The van der Waals surface area contributed by atoms with Crippen LogP contribution in [0, 0.1) is 0 Å². The minimum atomic E-state index is -0.786. The largest absolute Gasteiger partial charge is 0.507 e. The van der Waals surface area contributed by atoms with Gasteiger partial charge < -0.3 is 19.5 Å². The maximum absolute atomic E-state index is 13.2. The highest BCUT2D eigenvalue weighted by Crippen LogP contribution is 2.41. The standard InChI is InChI=1S/C25H26Cl2N2O5/c1-33-18-5-2-4-17(14-18)23(30)21-22(16-6-7-19(26)20(27)15-16)29(25(32)24(21)31)9-3-8-28-10-12-34-13-11-28/h2,4-7,14-15,22,30H,3,8-13H2,1H3/b23-21+. The maximum atomic E-state index is 13.2. The van der Waals surface area contributed by atoms with Crippen LogP contribution in [-0.4, -0.2) is 73.1 Å². The summed E-state index contributed by atoms with van der Waals surface area (Å²) in [4.78, 5) is 30.0. The van der Waals surface area contributed by atoms with Gasteiger partial charge >= 0.3 is 0 Å². The molecule has 1 N–H and O–H groups in total. The number of likely N-dealkylation sites (tertiary alicyclic amines) is 1. The number of ether oxygens (including phenoxy) is 2. The Balaban J connectivity index is 1.70. The van der Waals surface area contributed by atoms with Crippen LogP contribution in [0.3, 0.4) is 0 Å². The van der Waals surface area contributed by atoms with Crippen LogP contribution in [0.2, 0.25) is 10.0 Å². The van der Waals surface area contributed by atoms with Crippen molar-refractivity contribution >= 4 is 40.7 Å². The van der Waals surface area contributed by atoms with Crippen molar-refractivity contribution in [2.75, 3.05) is 46.5 Å². The molecule has 1 atom stereocenters. The van der Waals surface area contributed by atoms with E-state index in [-0.39, 0.29) is 11.3 Å². The van der Waals surface area contributed by atoms with Crippen LogP contribution in [0.25, 0.3) is 5.76 Å². The van der Waals surface area contributed by atoms with E-state index in [1.165, 1.54) is 12.0 Å². The quantitative estimate of drug-likeness (QED) is 0.346.